The van der Waals surface area contributed by atoms with E-state index in [0.717, 1.165) is 5.56 Å². The lowest BCUT2D eigenvalue weighted by Gasteiger charge is -2.28. The van der Waals surface area contributed by atoms with Crippen LogP contribution in [-0.2, 0) is 15.9 Å². The van der Waals surface area contributed by atoms with Crippen molar-refractivity contribution >= 4 is 18.8 Å². The molecule has 2 aromatic rings. The molecule has 0 fully saturated rings. The van der Waals surface area contributed by atoms with E-state index in [2.05, 4.69) is 5.32 Å². The third-order valence-corrected chi connectivity index (χ3v) is 6.20. The summed E-state index contributed by atoms with van der Waals surface area (Å²) in [5.74, 6) is -1.54. The van der Waals surface area contributed by atoms with E-state index in [1.807, 2.05) is 44.2 Å². The monoisotopic (exact) mass is 391 g/mol. The minimum Gasteiger partial charge on any atom is -0.445 e. The number of hydrogen-bond donors (Lipinski definition) is 3. The molecule has 3 atom stereocenters. The van der Waals surface area contributed by atoms with Crippen molar-refractivity contribution in [2.45, 2.75) is 38.8 Å². The van der Waals surface area contributed by atoms with Crippen LogP contribution in [0.15, 0.2) is 60.7 Å². The van der Waals surface area contributed by atoms with E-state index in [1.165, 1.54) is 12.1 Å². The molecule has 3 N–H and O–H groups in total. The van der Waals surface area contributed by atoms with E-state index in [9.17, 15) is 19.4 Å². The van der Waals surface area contributed by atoms with Gasteiger partial charge in [0.1, 0.15) is 6.61 Å². The number of rotatable bonds is 8. The molecular weight excluding hydrogens is 365 g/mol. The van der Waals surface area contributed by atoms with E-state index >= 15 is 0 Å². The number of aliphatic hydroxyl groups is 1. The van der Waals surface area contributed by atoms with Gasteiger partial charge in [0.05, 0.1) is 6.04 Å². The van der Waals surface area contributed by atoms with Crippen LogP contribution in [-0.4, -0.2) is 28.0 Å². The Morgan fingerprint density at radius 3 is 2.19 bits per heavy atom. The molecule has 0 aliphatic heterocycles. The molecule has 2 aromatic carbocycles. The first-order valence-corrected chi connectivity index (χ1v) is 10.6. The molecule has 0 saturated carbocycles. The standard InChI is InChI=1S/C20H26NO5P/c1-15(2)13-18(19(22)27(24,25)17-11-7-4-8-12-17)21-20(23)26-14-16-9-5-3-6-10-16/h3-12,15,18-19,22H,13-14H2,1-2H3,(H,21,23)(H,24,25). The van der Waals surface area contributed by atoms with Gasteiger partial charge in [0, 0.05) is 5.30 Å². The van der Waals surface area contributed by atoms with Crippen LogP contribution in [0.25, 0.3) is 0 Å². The molecule has 0 aliphatic carbocycles. The highest BCUT2D eigenvalue weighted by Crippen LogP contribution is 2.46. The summed E-state index contributed by atoms with van der Waals surface area (Å²) in [5, 5.41) is 13.3. The normalized spacial score (nSPS) is 15.6. The Balaban J connectivity index is 2.07. The number of nitrogens with one attached hydrogen (secondary N) is 1. The first-order valence-electron chi connectivity index (χ1n) is 8.84. The number of hydrogen-bond acceptors (Lipinski definition) is 4. The average Bonchev–Trinajstić information content (AvgIpc) is 2.66. The second-order valence-corrected chi connectivity index (χ2v) is 9.11. The molecule has 146 valence electrons. The van der Waals surface area contributed by atoms with Gasteiger partial charge in [-0.05, 0) is 30.0 Å². The van der Waals surface area contributed by atoms with E-state index in [0.29, 0.717) is 6.42 Å². The number of amides is 1. The quantitative estimate of drug-likeness (QED) is 0.601. The first-order chi connectivity index (χ1) is 12.8. The predicted octanol–water partition coefficient (Wildman–Crippen LogP) is 3.24. The van der Waals surface area contributed by atoms with Crippen molar-refractivity contribution in [2.24, 2.45) is 5.92 Å². The summed E-state index contributed by atoms with van der Waals surface area (Å²) in [6.07, 6.45) is -0.407. The lowest BCUT2D eigenvalue weighted by molar-refractivity contribution is 0.118. The van der Waals surface area contributed by atoms with Gasteiger partial charge in [-0.1, -0.05) is 62.4 Å². The van der Waals surface area contributed by atoms with Crippen LogP contribution in [0.1, 0.15) is 25.8 Å². The zero-order valence-electron chi connectivity index (χ0n) is 15.5. The summed E-state index contributed by atoms with van der Waals surface area (Å²) in [6.45, 7) is 3.88. The smallest absolute Gasteiger partial charge is 0.407 e. The summed E-state index contributed by atoms with van der Waals surface area (Å²) in [7, 11) is -4.10. The van der Waals surface area contributed by atoms with Gasteiger partial charge >= 0.3 is 6.09 Å². The van der Waals surface area contributed by atoms with E-state index in [1.54, 1.807) is 18.2 Å². The maximum absolute atomic E-state index is 12.8. The highest BCUT2D eigenvalue weighted by atomic mass is 31.2. The Hall–Kier alpha value is -2.14. The third-order valence-electron chi connectivity index (χ3n) is 4.09. The summed E-state index contributed by atoms with van der Waals surface area (Å²) in [4.78, 5) is 22.6. The minimum atomic E-state index is -4.10. The fraction of sp³-hybridized carbons (Fsp3) is 0.350. The third kappa shape index (κ3) is 6.21. The zero-order chi connectivity index (χ0) is 19.9. The molecule has 0 aromatic heterocycles. The second-order valence-electron chi connectivity index (χ2n) is 6.81. The Bertz CT molecular complexity index is 766. The molecular formula is C20H26NO5P. The van der Waals surface area contributed by atoms with Gasteiger partial charge in [-0.25, -0.2) is 4.79 Å². The Labute approximate surface area is 159 Å². The van der Waals surface area contributed by atoms with Crippen molar-refractivity contribution in [1.82, 2.24) is 5.32 Å². The maximum atomic E-state index is 12.8. The van der Waals surface area contributed by atoms with Crippen LogP contribution in [0.2, 0.25) is 0 Å². The van der Waals surface area contributed by atoms with Crippen molar-refractivity contribution in [1.29, 1.82) is 0 Å². The Kier molecular flexibility index (Phi) is 7.60. The molecule has 2 rings (SSSR count). The van der Waals surface area contributed by atoms with E-state index in [4.69, 9.17) is 4.74 Å². The lowest BCUT2D eigenvalue weighted by atomic mass is 10.0. The molecule has 1 amide bonds. The van der Waals surface area contributed by atoms with Crippen LogP contribution in [0, 0.1) is 5.92 Å². The summed E-state index contributed by atoms with van der Waals surface area (Å²) in [6, 6.07) is 16.2. The van der Waals surface area contributed by atoms with Gasteiger partial charge in [0.15, 0.2) is 5.85 Å². The molecule has 7 heteroatoms. The maximum Gasteiger partial charge on any atom is 0.407 e. The van der Waals surface area contributed by atoms with Crippen LogP contribution in [0.3, 0.4) is 0 Å². The Morgan fingerprint density at radius 1 is 1.07 bits per heavy atom. The number of alkyl carbamates (subject to hydrolysis) is 1. The molecule has 0 bridgehead atoms. The first kappa shape index (κ1) is 21.2. The zero-order valence-corrected chi connectivity index (χ0v) is 16.4. The van der Waals surface area contributed by atoms with Crippen molar-refractivity contribution in [2.75, 3.05) is 0 Å². The fourth-order valence-electron chi connectivity index (χ4n) is 2.72. The molecule has 6 nitrogen and oxygen atoms in total. The second kappa shape index (κ2) is 9.70. The van der Waals surface area contributed by atoms with Crippen molar-refractivity contribution in [3.63, 3.8) is 0 Å². The number of carbonyl (C=O) groups is 1. The SMILES string of the molecule is CC(C)CC(NC(=O)OCc1ccccc1)C(O)P(=O)(O)c1ccccc1. The van der Waals surface area contributed by atoms with Gasteiger partial charge in [-0.2, -0.15) is 0 Å². The molecule has 0 aliphatic rings. The molecule has 0 saturated heterocycles. The largest absolute Gasteiger partial charge is 0.445 e. The van der Waals surface area contributed by atoms with Gasteiger partial charge in [-0.15, -0.1) is 0 Å². The summed E-state index contributed by atoms with van der Waals surface area (Å²) >= 11 is 0. The fourth-order valence-corrected chi connectivity index (χ4v) is 4.31. The van der Waals surface area contributed by atoms with Crippen LogP contribution in [0.4, 0.5) is 4.79 Å². The molecule has 0 radical (unpaired) electrons. The van der Waals surface area contributed by atoms with Crippen molar-refractivity contribution < 1.29 is 24.1 Å². The number of aliphatic hydroxyl groups excluding tert-OH is 1. The van der Waals surface area contributed by atoms with Crippen LogP contribution >= 0.6 is 7.37 Å². The topological polar surface area (TPSA) is 95.9 Å². The molecule has 3 unspecified atom stereocenters. The average molecular weight is 391 g/mol. The van der Waals surface area contributed by atoms with E-state index < -0.39 is 25.3 Å². The molecule has 0 spiro atoms. The van der Waals surface area contributed by atoms with Gasteiger partial charge in [0.2, 0.25) is 0 Å². The van der Waals surface area contributed by atoms with Crippen molar-refractivity contribution in [3.8, 4) is 0 Å². The highest BCUT2D eigenvalue weighted by Gasteiger charge is 2.38. The van der Waals surface area contributed by atoms with Crippen LogP contribution in [0.5, 0.6) is 0 Å². The predicted molar refractivity (Wildman–Crippen MR) is 105 cm³/mol. The minimum absolute atomic E-state index is 0.0760. The van der Waals surface area contributed by atoms with Gasteiger partial charge in [0.25, 0.3) is 7.37 Å². The lowest BCUT2D eigenvalue weighted by Crippen LogP contribution is -2.45. The number of ether oxygens (including phenoxy) is 1. The number of benzene rings is 2. The van der Waals surface area contributed by atoms with Gasteiger partial charge in [-0.3, -0.25) is 4.57 Å². The highest BCUT2D eigenvalue weighted by molar-refractivity contribution is 7.66. The van der Waals surface area contributed by atoms with E-state index in [-0.39, 0.29) is 17.8 Å². The molecule has 0 heterocycles. The van der Waals surface area contributed by atoms with Gasteiger partial charge < -0.3 is 20.1 Å². The molecule has 27 heavy (non-hydrogen) atoms. The number of carbonyl (C=O) groups excluding carboxylic acids is 1. The van der Waals surface area contributed by atoms with Crippen LogP contribution < -0.4 is 10.6 Å². The summed E-state index contributed by atoms with van der Waals surface area (Å²) in [5.41, 5.74) is 0.825. The van der Waals surface area contributed by atoms with Crippen molar-refractivity contribution in [3.05, 3.63) is 66.2 Å². The Morgan fingerprint density at radius 2 is 1.63 bits per heavy atom. The summed E-state index contributed by atoms with van der Waals surface area (Å²) < 4.78 is 18.0.